The van der Waals surface area contributed by atoms with Crippen LogP contribution < -0.4 is 0 Å². The molecule has 0 fully saturated rings. The highest BCUT2D eigenvalue weighted by atomic mass is 15.3. The normalized spacial score (nSPS) is 9.62. The third kappa shape index (κ3) is 1.05. The van der Waals surface area contributed by atoms with E-state index in [2.05, 4.69) is 17.0 Å². The minimum absolute atomic E-state index is 0.989. The van der Waals surface area contributed by atoms with Crippen molar-refractivity contribution in [3.8, 4) is 0 Å². The monoisotopic (exact) mass is 110 g/mol. The Balaban J connectivity index is 2.50. The summed E-state index contributed by atoms with van der Waals surface area (Å²) >= 11 is 0. The highest BCUT2D eigenvalue weighted by molar-refractivity contribution is 4.66. The first-order chi connectivity index (χ1) is 3.93. The highest BCUT2D eigenvalue weighted by Crippen LogP contribution is 1.85. The van der Waals surface area contributed by atoms with E-state index in [0.717, 1.165) is 6.42 Å². The molecule has 0 saturated heterocycles. The molecule has 3 nitrogen and oxygen atoms in total. The molecule has 0 N–H and O–H groups in total. The maximum Gasteiger partial charge on any atom is 0.137 e. The Kier molecular flexibility index (Phi) is 1.62. The van der Waals surface area contributed by atoms with Crippen molar-refractivity contribution >= 4 is 0 Å². The average molecular weight is 110 g/mol. The van der Waals surface area contributed by atoms with Crippen LogP contribution in [-0.4, -0.2) is 14.8 Å². The van der Waals surface area contributed by atoms with Crippen molar-refractivity contribution in [2.45, 2.75) is 13.3 Å². The van der Waals surface area contributed by atoms with Gasteiger partial charge in [0.15, 0.2) is 0 Å². The van der Waals surface area contributed by atoms with Gasteiger partial charge >= 0.3 is 0 Å². The lowest BCUT2D eigenvalue weighted by Gasteiger charge is -1.90. The fraction of sp³-hybridized carbons (Fsp3) is 0.400. The summed E-state index contributed by atoms with van der Waals surface area (Å²) in [6.45, 7) is 4.01. The maximum absolute atomic E-state index is 3.86. The van der Waals surface area contributed by atoms with E-state index in [1.165, 1.54) is 6.33 Å². The minimum atomic E-state index is 0.989. The predicted molar refractivity (Wildman–Crippen MR) is 30.0 cm³/mol. The first kappa shape index (κ1) is 5.28. The van der Waals surface area contributed by atoms with Gasteiger partial charge in [0.05, 0.1) is 6.54 Å². The van der Waals surface area contributed by atoms with Crippen molar-refractivity contribution in [3.63, 3.8) is 0 Å². The predicted octanol–water partition coefficient (Wildman–Crippen LogP) is 0.698. The molecular weight excluding hydrogens is 102 g/mol. The van der Waals surface area contributed by atoms with Crippen molar-refractivity contribution in [2.75, 3.05) is 0 Å². The van der Waals surface area contributed by atoms with E-state index < -0.39 is 0 Å². The Labute approximate surface area is 48.4 Å². The summed E-state index contributed by atoms with van der Waals surface area (Å²) in [6.07, 6.45) is 4.18. The van der Waals surface area contributed by atoms with Crippen LogP contribution in [0.2, 0.25) is 0 Å². The van der Waals surface area contributed by atoms with Gasteiger partial charge in [0.25, 0.3) is 0 Å². The lowest BCUT2D eigenvalue weighted by molar-refractivity contribution is 0.761. The summed E-state index contributed by atoms with van der Waals surface area (Å²) in [5.74, 6) is 0. The van der Waals surface area contributed by atoms with E-state index >= 15 is 0 Å². The van der Waals surface area contributed by atoms with E-state index in [1.807, 2.05) is 6.54 Å². The Morgan fingerprint density at radius 1 is 1.75 bits per heavy atom. The molecule has 0 aliphatic heterocycles. The van der Waals surface area contributed by atoms with Crippen LogP contribution in [0.5, 0.6) is 0 Å². The molecule has 0 amide bonds. The quantitative estimate of drug-likeness (QED) is 0.561. The summed E-state index contributed by atoms with van der Waals surface area (Å²) in [4.78, 5) is 3.76. The van der Waals surface area contributed by atoms with Gasteiger partial charge in [-0.3, -0.25) is 0 Å². The molecular formula is C5H8N3. The highest BCUT2D eigenvalue weighted by Gasteiger charge is 1.84. The SMILES string of the molecule is CC[CH]n1cncn1. The molecule has 1 aromatic rings. The van der Waals surface area contributed by atoms with Gasteiger partial charge in [-0.15, -0.1) is 0 Å². The molecule has 0 bridgehead atoms. The van der Waals surface area contributed by atoms with Crippen LogP contribution in [0.1, 0.15) is 13.3 Å². The fourth-order valence-electron chi connectivity index (χ4n) is 0.499. The van der Waals surface area contributed by atoms with E-state index in [0.29, 0.717) is 0 Å². The van der Waals surface area contributed by atoms with Crippen molar-refractivity contribution in [2.24, 2.45) is 0 Å². The minimum Gasteiger partial charge on any atom is -0.248 e. The van der Waals surface area contributed by atoms with Gasteiger partial charge in [0.2, 0.25) is 0 Å². The molecule has 1 rings (SSSR count). The zero-order valence-electron chi connectivity index (χ0n) is 4.78. The molecule has 0 saturated carbocycles. The third-order valence-corrected chi connectivity index (χ3v) is 0.806. The molecule has 1 aromatic heterocycles. The second kappa shape index (κ2) is 2.45. The molecule has 0 atom stereocenters. The lowest BCUT2D eigenvalue weighted by Crippen LogP contribution is -1.92. The summed E-state index contributed by atoms with van der Waals surface area (Å²) in [5, 5.41) is 3.86. The van der Waals surface area contributed by atoms with Crippen LogP contribution in [0.15, 0.2) is 12.7 Å². The van der Waals surface area contributed by atoms with E-state index in [1.54, 1.807) is 11.0 Å². The Morgan fingerprint density at radius 2 is 2.62 bits per heavy atom. The van der Waals surface area contributed by atoms with Gasteiger partial charge < -0.3 is 0 Å². The Hall–Kier alpha value is -0.860. The number of rotatable bonds is 2. The second-order valence-electron chi connectivity index (χ2n) is 1.47. The van der Waals surface area contributed by atoms with Gasteiger partial charge in [-0.25, -0.2) is 9.67 Å². The Morgan fingerprint density at radius 3 is 3.12 bits per heavy atom. The smallest absolute Gasteiger partial charge is 0.137 e. The molecule has 0 spiro atoms. The average Bonchev–Trinajstić information content (AvgIpc) is 2.19. The van der Waals surface area contributed by atoms with Crippen LogP contribution in [0.4, 0.5) is 0 Å². The largest absolute Gasteiger partial charge is 0.248 e. The first-order valence-corrected chi connectivity index (χ1v) is 2.61. The zero-order valence-corrected chi connectivity index (χ0v) is 4.78. The van der Waals surface area contributed by atoms with Crippen LogP contribution in [0, 0.1) is 6.54 Å². The van der Waals surface area contributed by atoms with Gasteiger partial charge in [-0.1, -0.05) is 6.92 Å². The van der Waals surface area contributed by atoms with Crippen LogP contribution in [-0.2, 0) is 0 Å². The molecule has 0 aliphatic carbocycles. The van der Waals surface area contributed by atoms with Gasteiger partial charge in [-0.2, -0.15) is 5.10 Å². The molecule has 0 aromatic carbocycles. The molecule has 1 radical (unpaired) electrons. The van der Waals surface area contributed by atoms with Gasteiger partial charge in [0, 0.05) is 0 Å². The number of aromatic nitrogens is 3. The van der Waals surface area contributed by atoms with Crippen molar-refractivity contribution in [1.82, 2.24) is 14.8 Å². The molecule has 43 valence electrons. The summed E-state index contributed by atoms with van der Waals surface area (Å²) < 4.78 is 1.69. The topological polar surface area (TPSA) is 30.7 Å². The van der Waals surface area contributed by atoms with Crippen molar-refractivity contribution in [3.05, 3.63) is 19.2 Å². The van der Waals surface area contributed by atoms with E-state index in [-0.39, 0.29) is 0 Å². The zero-order chi connectivity index (χ0) is 5.82. The molecule has 3 heteroatoms. The maximum atomic E-state index is 3.86. The molecule has 0 unspecified atom stereocenters. The van der Waals surface area contributed by atoms with Crippen LogP contribution >= 0.6 is 0 Å². The Bertz CT molecular complexity index is 133. The first-order valence-electron chi connectivity index (χ1n) is 2.61. The summed E-state index contributed by atoms with van der Waals surface area (Å²) in [6, 6.07) is 0. The van der Waals surface area contributed by atoms with Gasteiger partial charge in [0.1, 0.15) is 12.7 Å². The molecule has 1 heterocycles. The fourth-order valence-corrected chi connectivity index (χ4v) is 0.499. The van der Waals surface area contributed by atoms with Crippen molar-refractivity contribution in [1.29, 1.82) is 0 Å². The lowest BCUT2D eigenvalue weighted by atomic mass is 10.5. The number of hydrogen-bond donors (Lipinski definition) is 0. The standard InChI is InChI=1S/C5H8N3/c1-2-3-8-5-6-4-7-8/h3-5H,2H2,1H3. The molecule has 0 aliphatic rings. The van der Waals surface area contributed by atoms with Crippen LogP contribution in [0.3, 0.4) is 0 Å². The van der Waals surface area contributed by atoms with Crippen molar-refractivity contribution < 1.29 is 0 Å². The summed E-state index contributed by atoms with van der Waals surface area (Å²) in [5.41, 5.74) is 0. The van der Waals surface area contributed by atoms with Crippen LogP contribution in [0.25, 0.3) is 0 Å². The number of nitrogens with zero attached hydrogens (tertiary/aromatic N) is 3. The second-order valence-corrected chi connectivity index (χ2v) is 1.47. The van der Waals surface area contributed by atoms with E-state index in [9.17, 15) is 0 Å². The van der Waals surface area contributed by atoms with Gasteiger partial charge in [-0.05, 0) is 6.42 Å². The van der Waals surface area contributed by atoms with E-state index in [4.69, 9.17) is 0 Å². The number of hydrogen-bond acceptors (Lipinski definition) is 2. The third-order valence-electron chi connectivity index (χ3n) is 0.806. The molecule has 8 heavy (non-hydrogen) atoms. The summed E-state index contributed by atoms with van der Waals surface area (Å²) in [7, 11) is 0.